The summed E-state index contributed by atoms with van der Waals surface area (Å²) < 4.78 is 2.51. The summed E-state index contributed by atoms with van der Waals surface area (Å²) in [5.41, 5.74) is 0. The molecule has 0 aliphatic heterocycles. The number of hydrogen-bond donors (Lipinski definition) is 3. The molecule has 6 heteroatoms. The molecule has 0 saturated carbocycles. The van der Waals surface area contributed by atoms with Crippen LogP contribution in [-0.4, -0.2) is 35.9 Å². The third-order valence-electron chi connectivity index (χ3n) is 2.49. The Morgan fingerprint density at radius 1 is 0.737 bits per heavy atom. The number of nitrogens with one attached hydrogen (secondary N) is 3. The Bertz CT molecular complexity index is 194. The van der Waals surface area contributed by atoms with Gasteiger partial charge in [-0.15, -0.1) is 19.9 Å². The van der Waals surface area contributed by atoms with Crippen molar-refractivity contribution in [1.29, 1.82) is 0 Å². The maximum absolute atomic E-state index is 3.77. The molecule has 0 aromatic heterocycles. The van der Waals surface area contributed by atoms with Crippen LogP contribution in [0, 0.1) is 0 Å². The number of halogens is 1. The molecule has 0 aliphatic carbocycles. The van der Waals surface area contributed by atoms with Crippen molar-refractivity contribution in [2.75, 3.05) is 13.1 Å². The first-order valence-corrected chi connectivity index (χ1v) is 8.99. The zero-order valence-electron chi connectivity index (χ0n) is 13.9. The largest absolute Gasteiger partial charge is 1.00 e. The zero-order valence-corrected chi connectivity index (χ0v) is 17.0. The predicted molar refractivity (Wildman–Crippen MR) is 84.7 cm³/mol. The topological polar surface area (TPSA) is 39.3 Å². The number of hydrogen-bond acceptors (Lipinski definition) is 4. The summed E-state index contributed by atoms with van der Waals surface area (Å²) >= 11 is 0. The van der Waals surface area contributed by atoms with Crippen molar-refractivity contribution in [1.82, 2.24) is 19.9 Å². The summed E-state index contributed by atoms with van der Waals surface area (Å²) in [6.07, 6.45) is 0. The summed E-state index contributed by atoms with van der Waals surface area (Å²) in [5.74, 6) is 0. The predicted octanol–water partition coefficient (Wildman–Crippen LogP) is 0.00380. The van der Waals surface area contributed by atoms with E-state index in [2.05, 4.69) is 75.3 Å². The highest BCUT2D eigenvalue weighted by Crippen LogP contribution is 2.51. The maximum Gasteiger partial charge on any atom is 0.301 e. The Morgan fingerprint density at radius 3 is 1.16 bits per heavy atom. The van der Waals surface area contributed by atoms with Gasteiger partial charge in [-0.3, -0.25) is 0 Å². The molecule has 0 fully saturated rings. The third kappa shape index (κ3) is 8.12. The van der Waals surface area contributed by atoms with E-state index in [4.69, 9.17) is 0 Å². The first kappa shape index (κ1) is 22.3. The van der Waals surface area contributed by atoms with Gasteiger partial charge >= 0.3 is 7.87 Å². The minimum Gasteiger partial charge on any atom is -1.00 e. The molecule has 0 saturated heterocycles. The van der Waals surface area contributed by atoms with Crippen LogP contribution in [0.25, 0.3) is 0 Å². The zero-order chi connectivity index (χ0) is 14.3. The lowest BCUT2D eigenvalue weighted by Crippen LogP contribution is -3.00. The van der Waals surface area contributed by atoms with Gasteiger partial charge in [-0.1, -0.05) is 0 Å². The third-order valence-corrected chi connectivity index (χ3v) is 6.57. The van der Waals surface area contributed by atoms with E-state index in [-0.39, 0.29) is 24.0 Å². The van der Waals surface area contributed by atoms with Crippen molar-refractivity contribution >= 4 is 7.87 Å². The lowest BCUT2D eigenvalue weighted by molar-refractivity contribution is -0.00000554. The Labute approximate surface area is 138 Å². The van der Waals surface area contributed by atoms with Crippen LogP contribution in [-0.2, 0) is 0 Å². The summed E-state index contributed by atoms with van der Waals surface area (Å²) in [6, 6.07) is 1.37. The average Bonchev–Trinajstić information content (AvgIpc) is 2.15. The molecule has 0 radical (unpaired) electrons. The van der Waals surface area contributed by atoms with Crippen molar-refractivity contribution in [3.63, 3.8) is 0 Å². The minimum atomic E-state index is -1.69. The molecular formula is C13H34IN4P. The SMILES string of the molecule is CCN(CC)[P+](NC(C)C)(NC(C)C)NC(C)C.[I-]. The fourth-order valence-corrected chi connectivity index (χ4v) is 5.93. The van der Waals surface area contributed by atoms with Gasteiger partial charge in [0.15, 0.2) is 0 Å². The first-order chi connectivity index (χ1) is 8.27. The van der Waals surface area contributed by atoms with Crippen LogP contribution in [0.3, 0.4) is 0 Å². The quantitative estimate of drug-likeness (QED) is 0.374. The van der Waals surface area contributed by atoms with E-state index >= 15 is 0 Å². The van der Waals surface area contributed by atoms with Gasteiger partial charge in [-0.05, 0) is 55.4 Å². The second-order valence-corrected chi connectivity index (χ2v) is 8.24. The Hall–Kier alpha value is 1.00. The summed E-state index contributed by atoms with van der Waals surface area (Å²) in [5, 5.41) is 11.3. The minimum absolute atomic E-state index is 0. The van der Waals surface area contributed by atoms with Gasteiger partial charge in [0.25, 0.3) is 0 Å². The van der Waals surface area contributed by atoms with Gasteiger partial charge in [-0.25, -0.2) is 0 Å². The normalized spacial score (nSPS) is 12.6. The molecule has 0 bridgehead atoms. The van der Waals surface area contributed by atoms with Crippen molar-refractivity contribution in [2.24, 2.45) is 0 Å². The molecule has 4 nitrogen and oxygen atoms in total. The molecule has 0 rings (SSSR count). The van der Waals surface area contributed by atoms with Gasteiger partial charge in [0.1, 0.15) is 0 Å². The average molecular weight is 404 g/mol. The second kappa shape index (κ2) is 10.7. The van der Waals surface area contributed by atoms with E-state index in [1.54, 1.807) is 0 Å². The lowest BCUT2D eigenvalue weighted by Gasteiger charge is -2.38. The van der Waals surface area contributed by atoms with Crippen LogP contribution in [0.2, 0.25) is 0 Å². The van der Waals surface area contributed by atoms with Crippen LogP contribution in [0.15, 0.2) is 0 Å². The molecular weight excluding hydrogens is 370 g/mol. The fraction of sp³-hybridized carbons (Fsp3) is 1.00. The van der Waals surface area contributed by atoms with Crippen LogP contribution >= 0.6 is 7.87 Å². The molecule has 0 heterocycles. The highest BCUT2D eigenvalue weighted by molar-refractivity contribution is 7.67. The van der Waals surface area contributed by atoms with E-state index in [9.17, 15) is 0 Å². The van der Waals surface area contributed by atoms with Crippen LogP contribution in [0.5, 0.6) is 0 Å². The van der Waals surface area contributed by atoms with E-state index in [0.29, 0.717) is 18.1 Å². The van der Waals surface area contributed by atoms with Gasteiger partial charge in [0.2, 0.25) is 0 Å². The van der Waals surface area contributed by atoms with E-state index in [0.717, 1.165) is 13.1 Å². The van der Waals surface area contributed by atoms with Crippen LogP contribution in [0.1, 0.15) is 55.4 Å². The summed E-state index contributed by atoms with van der Waals surface area (Å²) in [4.78, 5) is 0. The number of nitrogens with zero attached hydrogens (tertiary/aromatic N) is 1. The van der Waals surface area contributed by atoms with Crippen molar-refractivity contribution < 1.29 is 24.0 Å². The summed E-state index contributed by atoms with van der Waals surface area (Å²) in [7, 11) is -1.69. The molecule has 0 aliphatic rings. The van der Waals surface area contributed by atoms with Crippen molar-refractivity contribution in [2.45, 2.75) is 73.5 Å². The van der Waals surface area contributed by atoms with Crippen molar-refractivity contribution in [3.8, 4) is 0 Å². The van der Waals surface area contributed by atoms with Gasteiger partial charge in [-0.2, -0.15) is 0 Å². The Morgan fingerprint density at radius 2 is 1.00 bits per heavy atom. The molecule has 3 N–H and O–H groups in total. The van der Waals surface area contributed by atoms with Crippen LogP contribution < -0.4 is 39.2 Å². The molecule has 0 unspecified atom stereocenters. The summed E-state index contributed by atoms with van der Waals surface area (Å²) in [6.45, 7) is 19.8. The fourth-order valence-electron chi connectivity index (χ4n) is 2.13. The molecule has 118 valence electrons. The van der Waals surface area contributed by atoms with Crippen LogP contribution in [0.4, 0.5) is 0 Å². The molecule has 0 aromatic carbocycles. The molecule has 19 heavy (non-hydrogen) atoms. The monoisotopic (exact) mass is 404 g/mol. The Kier molecular flexibility index (Phi) is 12.5. The smallest absolute Gasteiger partial charge is 0.301 e. The number of rotatable bonds is 9. The highest BCUT2D eigenvalue weighted by atomic mass is 127. The Balaban J connectivity index is 0. The molecule has 0 atom stereocenters. The molecule has 0 amide bonds. The van der Waals surface area contributed by atoms with Gasteiger partial charge in [0, 0.05) is 31.2 Å². The molecule has 0 spiro atoms. The lowest BCUT2D eigenvalue weighted by atomic mass is 10.4. The first-order valence-electron chi connectivity index (χ1n) is 7.25. The molecule has 0 aromatic rings. The van der Waals surface area contributed by atoms with E-state index in [1.807, 2.05) is 0 Å². The van der Waals surface area contributed by atoms with Gasteiger partial charge < -0.3 is 24.0 Å². The highest BCUT2D eigenvalue weighted by Gasteiger charge is 2.46. The maximum atomic E-state index is 3.77. The van der Waals surface area contributed by atoms with Gasteiger partial charge in [0.05, 0.1) is 0 Å². The second-order valence-electron chi connectivity index (χ2n) is 5.63. The standard InChI is InChI=1S/C13H34N4P.HI/c1-9-17(10-2)18(14-11(3)4,15-12(5)6)16-13(7)8;/h11-16H,9-10H2,1-8H3;1H/q+1;/p-1. The van der Waals surface area contributed by atoms with Crippen molar-refractivity contribution in [3.05, 3.63) is 0 Å². The van der Waals surface area contributed by atoms with E-state index in [1.165, 1.54) is 0 Å². The van der Waals surface area contributed by atoms with E-state index < -0.39 is 7.87 Å².